The molecule has 0 spiro atoms. The lowest BCUT2D eigenvalue weighted by molar-refractivity contribution is -0.113. The molecule has 14 heavy (non-hydrogen) atoms. The summed E-state index contributed by atoms with van der Waals surface area (Å²) in [6.45, 7) is 0. The van der Waals surface area contributed by atoms with E-state index in [-0.39, 0.29) is 0 Å². The molecule has 0 saturated heterocycles. The molecule has 0 unspecified atom stereocenters. The molecule has 78 valence electrons. The van der Waals surface area contributed by atoms with Crippen molar-refractivity contribution in [1.29, 1.82) is 0 Å². The average molecular weight is 315 g/mol. The first kappa shape index (κ1) is 14.7. The molecule has 0 amide bonds. The van der Waals surface area contributed by atoms with Crippen LogP contribution in [0, 0.1) is 0 Å². The van der Waals surface area contributed by atoms with Crippen LogP contribution in [0.15, 0.2) is 23.6 Å². The zero-order valence-electron chi connectivity index (χ0n) is 6.33. The molecule has 1 nitrogen and oxygen atoms in total. The van der Waals surface area contributed by atoms with Gasteiger partial charge in [-0.05, 0) is 0 Å². The van der Waals surface area contributed by atoms with E-state index in [9.17, 15) is 4.79 Å². The lowest BCUT2D eigenvalue weighted by atomic mass is 10.4. The Morgan fingerprint density at radius 2 is 1.50 bits per heavy atom. The first-order valence-electron chi connectivity index (χ1n) is 2.99. The van der Waals surface area contributed by atoms with Gasteiger partial charge in [-0.1, -0.05) is 81.1 Å². The highest BCUT2D eigenvalue weighted by Crippen LogP contribution is 2.27. The monoisotopic (exact) mass is 312 g/mol. The second-order valence-electron chi connectivity index (χ2n) is 1.98. The van der Waals surface area contributed by atoms with Crippen LogP contribution in [0.3, 0.4) is 0 Å². The predicted octanol–water partition coefficient (Wildman–Crippen LogP) is 4.16. The summed E-state index contributed by atoms with van der Waals surface area (Å²) in [5.41, 5.74) is 4.57. The van der Waals surface area contributed by atoms with E-state index in [2.05, 4.69) is 11.5 Å². The van der Waals surface area contributed by atoms with Crippen molar-refractivity contribution < 1.29 is 4.79 Å². The number of hydrogen-bond donors (Lipinski definition) is 0. The third kappa shape index (κ3) is 8.05. The Bertz CT molecular complexity index is 308. The lowest BCUT2D eigenvalue weighted by Crippen LogP contribution is -2.15. The Kier molecular flexibility index (Phi) is 5.99. The van der Waals surface area contributed by atoms with Crippen LogP contribution in [0.4, 0.5) is 0 Å². The normalized spacial score (nSPS) is 11.3. The smallest absolute Gasteiger partial charge is 0.253 e. The summed E-state index contributed by atoms with van der Waals surface area (Å²) in [7, 11) is 0. The Balaban J connectivity index is 4.63. The number of rotatable bonds is 1. The first-order valence-corrected chi connectivity index (χ1v) is 5.26. The van der Waals surface area contributed by atoms with Gasteiger partial charge in [-0.15, -0.1) is 0 Å². The third-order valence-electron chi connectivity index (χ3n) is 0.802. The average Bonchev–Trinajstić information content (AvgIpc) is 1.93. The number of carbonyl (C=O) groups is 1. The molecule has 0 heterocycles. The van der Waals surface area contributed by atoms with Crippen molar-refractivity contribution in [2.75, 3.05) is 0 Å². The minimum absolute atomic E-state index is 0.757. The number of allylic oxidation sites excluding steroid dienone is 2. The van der Waals surface area contributed by atoms with Gasteiger partial charge < -0.3 is 0 Å². The van der Waals surface area contributed by atoms with Crippen LogP contribution >= 0.6 is 69.6 Å². The predicted molar refractivity (Wildman–Crippen MR) is 61.8 cm³/mol. The molecule has 0 bridgehead atoms. The maximum Gasteiger partial charge on any atom is 0.253 e. The number of carbonyl (C=O) groups excluding carboxylic acids is 1. The summed E-state index contributed by atoms with van der Waals surface area (Å²) in [4.78, 5) is 10.9. The summed E-state index contributed by atoms with van der Waals surface area (Å²) in [5.74, 6) is -0.757. The van der Waals surface area contributed by atoms with E-state index in [1.165, 1.54) is 0 Å². The SMILES string of the molecule is O=C(C=C=C=CC(Cl)(Cl)Cl)C(Cl)(Cl)Cl. The first-order chi connectivity index (χ1) is 6.13. The molecule has 0 aliphatic rings. The zero-order valence-corrected chi connectivity index (χ0v) is 10.9. The van der Waals surface area contributed by atoms with Gasteiger partial charge in [0.05, 0.1) is 0 Å². The fourth-order valence-electron chi connectivity index (χ4n) is 0.313. The number of hydrogen-bond acceptors (Lipinski definition) is 1. The fourth-order valence-corrected chi connectivity index (χ4v) is 0.640. The van der Waals surface area contributed by atoms with Gasteiger partial charge in [0.1, 0.15) is 0 Å². The molecule has 7 heteroatoms. The Hall–Kier alpha value is 0.710. The van der Waals surface area contributed by atoms with E-state index in [4.69, 9.17) is 69.6 Å². The Morgan fingerprint density at radius 3 is 1.86 bits per heavy atom. The molecule has 0 saturated carbocycles. The summed E-state index contributed by atoms with van der Waals surface area (Å²) in [6.07, 6.45) is 1.96. The minimum atomic E-state index is -2.01. The molecule has 0 aromatic heterocycles. The lowest BCUT2D eigenvalue weighted by Gasteiger charge is -2.02. The van der Waals surface area contributed by atoms with Crippen molar-refractivity contribution in [3.8, 4) is 0 Å². The van der Waals surface area contributed by atoms with Gasteiger partial charge >= 0.3 is 0 Å². The van der Waals surface area contributed by atoms with E-state index in [1.807, 2.05) is 0 Å². The Labute approximate surface area is 111 Å². The number of ketones is 1. The van der Waals surface area contributed by atoms with E-state index in [0.29, 0.717) is 0 Å². The van der Waals surface area contributed by atoms with Crippen molar-refractivity contribution in [1.82, 2.24) is 0 Å². The van der Waals surface area contributed by atoms with E-state index < -0.39 is 13.4 Å². The van der Waals surface area contributed by atoms with Gasteiger partial charge in [0.25, 0.3) is 3.79 Å². The summed E-state index contributed by atoms with van der Waals surface area (Å²) in [6, 6.07) is 0. The fraction of sp³-hybridized carbons (Fsp3) is 0.286. The number of alkyl halides is 6. The van der Waals surface area contributed by atoms with E-state index in [1.54, 1.807) is 0 Å². The second kappa shape index (κ2) is 5.70. The maximum absolute atomic E-state index is 10.9. The molecule has 0 aromatic rings. The molecule has 0 aromatic carbocycles. The van der Waals surface area contributed by atoms with Gasteiger partial charge in [0.15, 0.2) is 0 Å². The molecular formula is C7H2Cl6O. The van der Waals surface area contributed by atoms with Crippen molar-refractivity contribution in [2.24, 2.45) is 0 Å². The van der Waals surface area contributed by atoms with Crippen LogP contribution in [0.5, 0.6) is 0 Å². The highest BCUT2D eigenvalue weighted by Gasteiger charge is 2.27. The van der Waals surface area contributed by atoms with Crippen LogP contribution in [0.1, 0.15) is 0 Å². The number of halogens is 6. The van der Waals surface area contributed by atoms with E-state index >= 15 is 0 Å². The molecule has 0 N–H and O–H groups in total. The van der Waals surface area contributed by atoms with Crippen LogP contribution in [-0.2, 0) is 4.79 Å². The molecular weight excluding hydrogens is 313 g/mol. The van der Waals surface area contributed by atoms with Crippen LogP contribution < -0.4 is 0 Å². The standard InChI is InChI=1S/C7H2Cl6O/c8-6(9,10)4-2-1-3-5(14)7(11,12)13/h3-4H. The minimum Gasteiger partial charge on any atom is -0.289 e. The molecule has 0 atom stereocenters. The molecule has 0 aliphatic carbocycles. The zero-order chi connectivity index (χ0) is 11.4. The van der Waals surface area contributed by atoms with Gasteiger partial charge in [-0.3, -0.25) is 4.79 Å². The summed E-state index contributed by atoms with van der Waals surface area (Å²) in [5, 5.41) is 0. The van der Waals surface area contributed by atoms with Gasteiger partial charge in [-0.25, -0.2) is 0 Å². The van der Waals surface area contributed by atoms with Gasteiger partial charge in [-0.2, -0.15) is 0 Å². The molecule has 0 rings (SSSR count). The van der Waals surface area contributed by atoms with Crippen molar-refractivity contribution in [2.45, 2.75) is 7.59 Å². The molecule has 0 fully saturated rings. The topological polar surface area (TPSA) is 17.1 Å². The van der Waals surface area contributed by atoms with Crippen molar-refractivity contribution in [3.05, 3.63) is 23.6 Å². The maximum atomic E-state index is 10.9. The highest BCUT2D eigenvalue weighted by atomic mass is 35.6. The largest absolute Gasteiger partial charge is 0.289 e. The van der Waals surface area contributed by atoms with Crippen LogP contribution in [0.2, 0.25) is 0 Å². The quantitative estimate of drug-likeness (QED) is 0.403. The van der Waals surface area contributed by atoms with E-state index in [0.717, 1.165) is 12.2 Å². The Morgan fingerprint density at radius 1 is 1.00 bits per heavy atom. The summed E-state index contributed by atoms with van der Waals surface area (Å²) >= 11 is 31.7. The molecule has 0 radical (unpaired) electrons. The summed E-state index contributed by atoms with van der Waals surface area (Å²) < 4.78 is -3.60. The molecule has 0 aliphatic heterocycles. The van der Waals surface area contributed by atoms with Crippen LogP contribution in [-0.4, -0.2) is 13.4 Å². The van der Waals surface area contributed by atoms with Crippen molar-refractivity contribution in [3.63, 3.8) is 0 Å². The van der Waals surface area contributed by atoms with Gasteiger partial charge in [0, 0.05) is 12.2 Å². The highest BCUT2D eigenvalue weighted by molar-refractivity contribution is 6.77. The van der Waals surface area contributed by atoms with Crippen molar-refractivity contribution >= 4 is 75.4 Å². The van der Waals surface area contributed by atoms with Crippen LogP contribution in [0.25, 0.3) is 0 Å². The third-order valence-corrected chi connectivity index (χ3v) is 1.69. The van der Waals surface area contributed by atoms with Gasteiger partial charge in [0.2, 0.25) is 9.58 Å². The second-order valence-corrected chi connectivity index (χ2v) is 6.63.